The number of amides is 1. The molecule has 1 unspecified atom stereocenters. The summed E-state index contributed by atoms with van der Waals surface area (Å²) in [6, 6.07) is 5.56. The number of aryl methyl sites for hydroxylation is 2. The SMILES string of the molecule is Cc1ccc(S(=O)(=O)N2CCC(C(=O)N3CCCC3CN)CC2)c(C)c1. The maximum atomic E-state index is 13.0. The lowest BCUT2D eigenvalue weighted by Gasteiger charge is -2.34. The van der Waals surface area contributed by atoms with E-state index in [-0.39, 0.29) is 17.9 Å². The van der Waals surface area contributed by atoms with Gasteiger partial charge in [-0.2, -0.15) is 4.31 Å². The van der Waals surface area contributed by atoms with Crippen molar-refractivity contribution in [2.75, 3.05) is 26.2 Å². The maximum Gasteiger partial charge on any atom is 0.243 e. The Hall–Kier alpha value is -1.44. The first-order valence-corrected chi connectivity index (χ1v) is 10.9. The molecule has 2 saturated heterocycles. The third-order valence-electron chi connectivity index (χ3n) is 5.68. The summed E-state index contributed by atoms with van der Waals surface area (Å²) in [7, 11) is -3.50. The van der Waals surface area contributed by atoms with Crippen LogP contribution in [0.3, 0.4) is 0 Å². The van der Waals surface area contributed by atoms with Crippen LogP contribution in [0.15, 0.2) is 23.1 Å². The monoisotopic (exact) mass is 379 g/mol. The lowest BCUT2D eigenvalue weighted by atomic mass is 9.96. The van der Waals surface area contributed by atoms with E-state index >= 15 is 0 Å². The summed E-state index contributed by atoms with van der Waals surface area (Å²) in [6.07, 6.45) is 3.14. The smallest absolute Gasteiger partial charge is 0.243 e. The van der Waals surface area contributed by atoms with E-state index < -0.39 is 10.0 Å². The van der Waals surface area contributed by atoms with Crippen LogP contribution in [0.5, 0.6) is 0 Å². The first-order chi connectivity index (χ1) is 12.3. The molecule has 6 nitrogen and oxygen atoms in total. The van der Waals surface area contributed by atoms with E-state index in [4.69, 9.17) is 5.73 Å². The third kappa shape index (κ3) is 3.66. The van der Waals surface area contributed by atoms with E-state index in [1.54, 1.807) is 6.07 Å². The fraction of sp³-hybridized carbons (Fsp3) is 0.632. The number of piperidine rings is 1. The van der Waals surface area contributed by atoms with Gasteiger partial charge in [0.1, 0.15) is 0 Å². The molecule has 1 amide bonds. The summed E-state index contributed by atoms with van der Waals surface area (Å²) in [6.45, 7) is 5.86. The van der Waals surface area contributed by atoms with Gasteiger partial charge in [-0.15, -0.1) is 0 Å². The Balaban J connectivity index is 1.67. The molecule has 0 aliphatic carbocycles. The molecule has 2 aliphatic rings. The second kappa shape index (κ2) is 7.66. The topological polar surface area (TPSA) is 83.7 Å². The number of nitrogens with zero attached hydrogens (tertiary/aromatic N) is 2. The Bertz CT molecular complexity index is 770. The fourth-order valence-electron chi connectivity index (χ4n) is 4.18. The van der Waals surface area contributed by atoms with Crippen molar-refractivity contribution < 1.29 is 13.2 Å². The van der Waals surface area contributed by atoms with Crippen molar-refractivity contribution in [3.63, 3.8) is 0 Å². The Morgan fingerprint density at radius 1 is 1.15 bits per heavy atom. The van der Waals surface area contributed by atoms with Crippen LogP contribution in [0.2, 0.25) is 0 Å². The fourth-order valence-corrected chi connectivity index (χ4v) is 5.85. The molecule has 2 heterocycles. The zero-order valence-electron chi connectivity index (χ0n) is 15.6. The zero-order valence-corrected chi connectivity index (χ0v) is 16.5. The van der Waals surface area contributed by atoms with Gasteiger partial charge in [0, 0.05) is 38.1 Å². The molecule has 0 saturated carbocycles. The van der Waals surface area contributed by atoms with Crippen molar-refractivity contribution in [3.05, 3.63) is 29.3 Å². The van der Waals surface area contributed by atoms with E-state index in [1.165, 1.54) is 4.31 Å². The lowest BCUT2D eigenvalue weighted by Crippen LogP contribution is -2.47. The second-order valence-electron chi connectivity index (χ2n) is 7.51. The number of benzene rings is 1. The molecule has 1 aromatic rings. The normalized spacial score (nSPS) is 22.7. The van der Waals surface area contributed by atoms with Crippen molar-refractivity contribution in [1.29, 1.82) is 0 Å². The van der Waals surface area contributed by atoms with Crippen molar-refractivity contribution in [1.82, 2.24) is 9.21 Å². The molecule has 3 rings (SSSR count). The maximum absolute atomic E-state index is 13.0. The van der Waals surface area contributed by atoms with Gasteiger partial charge in [0.15, 0.2) is 0 Å². The molecule has 0 spiro atoms. The van der Waals surface area contributed by atoms with Crippen molar-refractivity contribution in [3.8, 4) is 0 Å². The Kier molecular flexibility index (Phi) is 5.69. The number of carbonyl (C=O) groups excluding carboxylic acids is 1. The predicted molar refractivity (Wildman–Crippen MR) is 101 cm³/mol. The molecule has 2 N–H and O–H groups in total. The molecule has 1 aromatic carbocycles. The van der Waals surface area contributed by atoms with Crippen molar-refractivity contribution in [2.45, 2.75) is 50.5 Å². The highest BCUT2D eigenvalue weighted by Crippen LogP contribution is 2.29. The molecule has 26 heavy (non-hydrogen) atoms. The molecule has 0 radical (unpaired) electrons. The van der Waals surface area contributed by atoms with Crippen LogP contribution in [-0.4, -0.2) is 55.8 Å². The van der Waals surface area contributed by atoms with Gasteiger partial charge in [-0.1, -0.05) is 17.7 Å². The highest BCUT2D eigenvalue weighted by atomic mass is 32.2. The standard InChI is InChI=1S/C19H29N3O3S/c1-14-5-6-18(15(2)12-14)26(24,25)21-10-7-16(8-11-21)19(23)22-9-3-4-17(22)13-20/h5-6,12,16-17H,3-4,7-11,13,20H2,1-2H3. The molecule has 1 atom stereocenters. The number of carbonyl (C=O) groups is 1. The summed E-state index contributed by atoms with van der Waals surface area (Å²) in [5.41, 5.74) is 7.59. The zero-order chi connectivity index (χ0) is 18.9. The van der Waals surface area contributed by atoms with E-state index in [1.807, 2.05) is 30.9 Å². The Labute approximate surface area is 156 Å². The molecule has 0 aromatic heterocycles. The van der Waals surface area contributed by atoms with Gasteiger partial charge in [0.25, 0.3) is 0 Å². The summed E-state index contributed by atoms with van der Waals surface area (Å²) in [4.78, 5) is 15.1. The molecule has 7 heteroatoms. The van der Waals surface area contributed by atoms with Crippen LogP contribution in [0.25, 0.3) is 0 Å². The molecular weight excluding hydrogens is 350 g/mol. The summed E-state index contributed by atoms with van der Waals surface area (Å²) in [5, 5.41) is 0. The van der Waals surface area contributed by atoms with Crippen LogP contribution in [0.1, 0.15) is 36.8 Å². The van der Waals surface area contributed by atoms with Crippen LogP contribution < -0.4 is 5.73 Å². The minimum Gasteiger partial charge on any atom is -0.338 e. The van der Waals surface area contributed by atoms with Crippen molar-refractivity contribution >= 4 is 15.9 Å². The number of nitrogens with two attached hydrogens (primary N) is 1. The first-order valence-electron chi connectivity index (χ1n) is 9.42. The number of rotatable bonds is 4. The van der Waals surface area contributed by atoms with E-state index in [0.29, 0.717) is 37.4 Å². The molecule has 2 aliphatic heterocycles. The minimum atomic E-state index is -3.50. The van der Waals surface area contributed by atoms with E-state index in [2.05, 4.69) is 0 Å². The van der Waals surface area contributed by atoms with Crippen LogP contribution in [-0.2, 0) is 14.8 Å². The van der Waals surface area contributed by atoms with Gasteiger partial charge in [0.2, 0.25) is 15.9 Å². The molecular formula is C19H29N3O3S. The van der Waals surface area contributed by atoms with Crippen LogP contribution in [0, 0.1) is 19.8 Å². The minimum absolute atomic E-state index is 0.0901. The van der Waals surface area contributed by atoms with Gasteiger partial charge >= 0.3 is 0 Å². The number of hydrogen-bond acceptors (Lipinski definition) is 4. The van der Waals surface area contributed by atoms with E-state index in [9.17, 15) is 13.2 Å². The third-order valence-corrected chi connectivity index (χ3v) is 7.74. The predicted octanol–water partition coefficient (Wildman–Crippen LogP) is 1.65. The summed E-state index contributed by atoms with van der Waals surface area (Å²) < 4.78 is 27.5. The van der Waals surface area contributed by atoms with Gasteiger partial charge in [-0.05, 0) is 51.2 Å². The van der Waals surface area contributed by atoms with Crippen molar-refractivity contribution in [2.24, 2.45) is 11.7 Å². The van der Waals surface area contributed by atoms with E-state index in [0.717, 1.165) is 30.5 Å². The van der Waals surface area contributed by atoms with Gasteiger partial charge in [-0.25, -0.2) is 8.42 Å². The molecule has 144 valence electrons. The largest absolute Gasteiger partial charge is 0.338 e. The van der Waals surface area contributed by atoms with Crippen LogP contribution >= 0.6 is 0 Å². The average Bonchev–Trinajstić information content (AvgIpc) is 3.09. The lowest BCUT2D eigenvalue weighted by molar-refractivity contribution is -0.137. The summed E-state index contributed by atoms with van der Waals surface area (Å²) >= 11 is 0. The Morgan fingerprint density at radius 3 is 2.46 bits per heavy atom. The summed E-state index contributed by atoms with van der Waals surface area (Å²) in [5.74, 6) is 0.0641. The van der Waals surface area contributed by atoms with Gasteiger partial charge in [-0.3, -0.25) is 4.79 Å². The second-order valence-corrected chi connectivity index (χ2v) is 9.42. The Morgan fingerprint density at radius 2 is 1.85 bits per heavy atom. The highest BCUT2D eigenvalue weighted by molar-refractivity contribution is 7.89. The highest BCUT2D eigenvalue weighted by Gasteiger charge is 2.37. The number of hydrogen-bond donors (Lipinski definition) is 1. The molecule has 0 bridgehead atoms. The quantitative estimate of drug-likeness (QED) is 0.862. The molecule has 2 fully saturated rings. The first kappa shape index (κ1) is 19.3. The number of likely N-dealkylation sites (tertiary alicyclic amines) is 1. The van der Waals surface area contributed by atoms with Crippen LogP contribution in [0.4, 0.5) is 0 Å². The van der Waals surface area contributed by atoms with Gasteiger partial charge < -0.3 is 10.6 Å². The number of sulfonamides is 1. The van der Waals surface area contributed by atoms with Gasteiger partial charge in [0.05, 0.1) is 4.90 Å². The average molecular weight is 380 g/mol.